The van der Waals surface area contributed by atoms with Crippen molar-refractivity contribution in [1.29, 1.82) is 0 Å². The molecule has 1 heteroatoms. The zero-order valence-corrected chi connectivity index (χ0v) is 14.2. The van der Waals surface area contributed by atoms with Crippen LogP contribution in [0, 0.1) is 5.41 Å². The van der Waals surface area contributed by atoms with Gasteiger partial charge in [0.2, 0.25) is 0 Å². The van der Waals surface area contributed by atoms with E-state index in [9.17, 15) is 0 Å². The maximum Gasteiger partial charge on any atom is 0.0482 e. The van der Waals surface area contributed by atoms with Crippen LogP contribution in [0.3, 0.4) is 0 Å². The van der Waals surface area contributed by atoms with Crippen molar-refractivity contribution in [3.63, 3.8) is 0 Å². The quantitative estimate of drug-likeness (QED) is 0.710. The molecule has 0 aliphatic carbocycles. The summed E-state index contributed by atoms with van der Waals surface area (Å²) in [5.74, 6) is 0. The molecule has 1 N–H and O–H groups in total. The largest absolute Gasteiger partial charge is 0.383 e. The van der Waals surface area contributed by atoms with E-state index in [1.807, 2.05) is 39.0 Å². The number of hydrogen-bond donors (Lipinski definition) is 1. The van der Waals surface area contributed by atoms with Gasteiger partial charge in [0, 0.05) is 11.7 Å². The third kappa shape index (κ3) is 16.8. The van der Waals surface area contributed by atoms with Gasteiger partial charge >= 0.3 is 0 Å². The van der Waals surface area contributed by atoms with Gasteiger partial charge in [-0.15, -0.1) is 0 Å². The molecule has 1 nitrogen and oxygen atoms in total. The minimum absolute atomic E-state index is 0.351. The van der Waals surface area contributed by atoms with Crippen LogP contribution in [0.5, 0.6) is 0 Å². The molecule has 0 aromatic heterocycles. The zero-order chi connectivity index (χ0) is 15.5. The molecule has 0 saturated heterocycles. The van der Waals surface area contributed by atoms with E-state index in [2.05, 4.69) is 58.6 Å². The van der Waals surface area contributed by atoms with Crippen LogP contribution in [0.1, 0.15) is 67.0 Å². The minimum atomic E-state index is 0.351. The van der Waals surface area contributed by atoms with Crippen LogP contribution < -0.4 is 5.32 Å². The van der Waals surface area contributed by atoms with Crippen LogP contribution in [-0.2, 0) is 0 Å². The van der Waals surface area contributed by atoms with Gasteiger partial charge < -0.3 is 5.32 Å². The molecule has 0 saturated carbocycles. The van der Waals surface area contributed by atoms with Gasteiger partial charge in [-0.1, -0.05) is 78.5 Å². The molecule has 1 atom stereocenters. The molecule has 1 aromatic carbocycles. The smallest absolute Gasteiger partial charge is 0.0482 e. The van der Waals surface area contributed by atoms with Crippen molar-refractivity contribution in [2.45, 2.75) is 61.4 Å². The summed E-state index contributed by atoms with van der Waals surface area (Å²) in [5.41, 5.74) is 2.80. The maximum absolute atomic E-state index is 3.81. The molecule has 0 bridgehead atoms. The average molecular weight is 263 g/mol. The zero-order valence-electron chi connectivity index (χ0n) is 14.2. The van der Waals surface area contributed by atoms with Crippen LogP contribution in [0.15, 0.2) is 42.6 Å². The number of rotatable bonds is 3. The lowest BCUT2D eigenvalue weighted by atomic mass is 10.0. The number of nitrogens with one attached hydrogen (secondary N) is 1. The summed E-state index contributed by atoms with van der Waals surface area (Å²) >= 11 is 0. The predicted octanol–water partition coefficient (Wildman–Crippen LogP) is 5.95. The second-order valence-corrected chi connectivity index (χ2v) is 6.06. The van der Waals surface area contributed by atoms with Crippen molar-refractivity contribution < 1.29 is 0 Å². The fourth-order valence-corrected chi connectivity index (χ4v) is 1.19. The van der Waals surface area contributed by atoms with Gasteiger partial charge in [-0.05, 0) is 24.8 Å². The topological polar surface area (TPSA) is 12.0 Å². The molecule has 110 valence electrons. The third-order valence-electron chi connectivity index (χ3n) is 1.76. The summed E-state index contributed by atoms with van der Waals surface area (Å²) in [7, 11) is 0. The van der Waals surface area contributed by atoms with Gasteiger partial charge in [-0.3, -0.25) is 0 Å². The molecule has 0 amide bonds. The molecule has 0 radical (unpaired) electrons. The van der Waals surface area contributed by atoms with Crippen LogP contribution in [0.4, 0.5) is 0 Å². The van der Waals surface area contributed by atoms with E-state index in [-0.39, 0.29) is 0 Å². The molecule has 1 unspecified atom stereocenters. The molecule has 0 heterocycles. The number of benzene rings is 1. The van der Waals surface area contributed by atoms with Gasteiger partial charge in [-0.25, -0.2) is 0 Å². The van der Waals surface area contributed by atoms with Gasteiger partial charge in [0.25, 0.3) is 0 Å². The van der Waals surface area contributed by atoms with Crippen LogP contribution in [-0.4, -0.2) is 0 Å². The van der Waals surface area contributed by atoms with Crippen molar-refractivity contribution in [1.82, 2.24) is 5.32 Å². The highest BCUT2D eigenvalue weighted by Gasteiger charge is 2.01. The lowest BCUT2D eigenvalue weighted by molar-refractivity contribution is 0.469. The molecule has 19 heavy (non-hydrogen) atoms. The molecule has 1 aromatic rings. The van der Waals surface area contributed by atoms with Crippen LogP contribution >= 0.6 is 0 Å². The SMILES string of the molecule is C=C(C)NC(C)c1ccccc1.CC.CC(C)(C)C. The Kier molecular flexibility index (Phi) is 11.3. The second kappa shape index (κ2) is 10.7. The maximum atomic E-state index is 3.81. The first kappa shape index (κ1) is 20.1. The molecule has 0 fully saturated rings. The first-order chi connectivity index (χ1) is 8.70. The Balaban J connectivity index is 0. The van der Waals surface area contributed by atoms with E-state index in [4.69, 9.17) is 0 Å². The van der Waals surface area contributed by atoms with Gasteiger partial charge in [0.1, 0.15) is 0 Å². The van der Waals surface area contributed by atoms with E-state index in [1.165, 1.54) is 5.56 Å². The Morgan fingerprint density at radius 1 is 1.05 bits per heavy atom. The molecule has 0 aliphatic rings. The fraction of sp³-hybridized carbons (Fsp3) is 0.556. The molecule has 0 spiro atoms. The highest BCUT2D eigenvalue weighted by molar-refractivity contribution is 5.19. The standard InChI is InChI=1S/C11H15N.C5H12.C2H6/c1-9(2)12-10(3)11-7-5-4-6-8-11;1-5(2,3)4;1-2/h4-8,10,12H,1H2,2-3H3;1-4H3;1-2H3. The summed E-state index contributed by atoms with van der Waals surface area (Å²) in [6.07, 6.45) is 0. The fourth-order valence-electron chi connectivity index (χ4n) is 1.19. The Bertz CT molecular complexity index is 313. The van der Waals surface area contributed by atoms with E-state index in [1.54, 1.807) is 0 Å². The normalized spacial score (nSPS) is 11.2. The summed E-state index contributed by atoms with van der Waals surface area (Å²) in [6.45, 7) is 20.7. The van der Waals surface area contributed by atoms with Crippen molar-refractivity contribution >= 4 is 0 Å². The van der Waals surface area contributed by atoms with E-state index in [0.717, 1.165) is 5.70 Å². The second-order valence-electron chi connectivity index (χ2n) is 6.06. The van der Waals surface area contributed by atoms with Gasteiger partial charge in [0.15, 0.2) is 0 Å². The minimum Gasteiger partial charge on any atom is -0.383 e. The molecule has 1 rings (SSSR count). The lowest BCUT2D eigenvalue weighted by Gasteiger charge is -2.14. The first-order valence-electron chi connectivity index (χ1n) is 7.17. The third-order valence-corrected chi connectivity index (χ3v) is 1.76. The lowest BCUT2D eigenvalue weighted by Crippen LogP contribution is -2.15. The molecular formula is C18H33N. The number of allylic oxidation sites excluding steroid dienone is 1. The van der Waals surface area contributed by atoms with E-state index in [0.29, 0.717) is 11.5 Å². The summed E-state index contributed by atoms with van der Waals surface area (Å²) < 4.78 is 0. The molecular weight excluding hydrogens is 230 g/mol. The van der Waals surface area contributed by atoms with Crippen molar-refractivity contribution in [2.24, 2.45) is 5.41 Å². The van der Waals surface area contributed by atoms with E-state index >= 15 is 0 Å². The monoisotopic (exact) mass is 263 g/mol. The average Bonchev–Trinajstić information content (AvgIpc) is 2.30. The van der Waals surface area contributed by atoms with Crippen molar-refractivity contribution in [2.75, 3.05) is 0 Å². The van der Waals surface area contributed by atoms with Gasteiger partial charge in [-0.2, -0.15) is 0 Å². The summed E-state index contributed by atoms with van der Waals surface area (Å²) in [4.78, 5) is 0. The summed E-state index contributed by atoms with van der Waals surface area (Å²) in [5, 5.41) is 3.26. The Labute approximate surface area is 121 Å². The Morgan fingerprint density at radius 2 is 1.42 bits per heavy atom. The Hall–Kier alpha value is -1.24. The van der Waals surface area contributed by atoms with Crippen molar-refractivity contribution in [3.05, 3.63) is 48.2 Å². The highest BCUT2D eigenvalue weighted by atomic mass is 14.9. The van der Waals surface area contributed by atoms with Gasteiger partial charge in [0.05, 0.1) is 0 Å². The Morgan fingerprint density at radius 3 is 1.74 bits per heavy atom. The van der Waals surface area contributed by atoms with Crippen LogP contribution in [0.25, 0.3) is 0 Å². The molecule has 0 aliphatic heterocycles. The van der Waals surface area contributed by atoms with Crippen molar-refractivity contribution in [3.8, 4) is 0 Å². The predicted molar refractivity (Wildman–Crippen MR) is 89.3 cm³/mol. The van der Waals surface area contributed by atoms with Crippen LogP contribution in [0.2, 0.25) is 0 Å². The summed E-state index contributed by atoms with van der Waals surface area (Å²) in [6, 6.07) is 10.7. The highest BCUT2D eigenvalue weighted by Crippen LogP contribution is 2.11. The van der Waals surface area contributed by atoms with E-state index < -0.39 is 0 Å². The first-order valence-corrected chi connectivity index (χ1v) is 7.17. The number of hydrogen-bond acceptors (Lipinski definition) is 1.